The molecule has 0 unspecified atom stereocenters. The molecule has 2 rings (SSSR count). The van der Waals surface area contributed by atoms with E-state index in [0.29, 0.717) is 6.54 Å². The third-order valence-electron chi connectivity index (χ3n) is 4.21. The van der Waals surface area contributed by atoms with Crippen molar-refractivity contribution < 1.29 is 18.8 Å². The van der Waals surface area contributed by atoms with Crippen LogP contribution >= 0.6 is 0 Å². The van der Waals surface area contributed by atoms with Crippen molar-refractivity contribution in [2.75, 3.05) is 46.2 Å². The van der Waals surface area contributed by atoms with E-state index in [0.717, 1.165) is 11.3 Å². The van der Waals surface area contributed by atoms with Gasteiger partial charge in [-0.1, -0.05) is 24.3 Å². The number of carbonyl (C=O) groups excluding carboxylic acids is 1. The topological polar surface area (TPSA) is 46.0 Å². The van der Waals surface area contributed by atoms with Gasteiger partial charge in [0.15, 0.2) is 18.2 Å². The van der Waals surface area contributed by atoms with E-state index in [1.54, 1.807) is 12.1 Å². The Morgan fingerprint density at radius 3 is 2.38 bits per heavy atom. The molecule has 2 N–H and O–H groups in total. The number of nitrogens with one attached hydrogen (secondary N) is 2. The van der Waals surface area contributed by atoms with Gasteiger partial charge in [-0.15, -0.1) is 0 Å². The third kappa shape index (κ3) is 5.46. The number of carbonyl (C=O) groups is 1. The fourth-order valence-electron chi connectivity index (χ4n) is 2.63. The van der Waals surface area contributed by atoms with Crippen LogP contribution in [0.5, 0.6) is 5.75 Å². The number of likely N-dealkylation sites (N-methyl/N-ethyl adjacent to an activating group) is 1. The highest BCUT2D eigenvalue weighted by atomic mass is 19.1. The van der Waals surface area contributed by atoms with Crippen molar-refractivity contribution in [3.05, 3.63) is 59.9 Å². The van der Waals surface area contributed by atoms with Crippen molar-refractivity contribution >= 4 is 11.6 Å². The van der Waals surface area contributed by atoms with Crippen LogP contribution in [-0.4, -0.2) is 47.2 Å². The zero-order valence-corrected chi connectivity index (χ0v) is 15.8. The van der Waals surface area contributed by atoms with Gasteiger partial charge in [0.2, 0.25) is 0 Å². The van der Waals surface area contributed by atoms with Crippen LogP contribution in [0.25, 0.3) is 0 Å². The summed E-state index contributed by atoms with van der Waals surface area (Å²) in [5, 5.41) is 2.87. The Morgan fingerprint density at radius 2 is 1.81 bits per heavy atom. The molecule has 0 saturated heterocycles. The molecule has 0 aliphatic heterocycles. The average molecular weight is 360 g/mol. The molecule has 0 bridgehead atoms. The molecule has 6 heteroatoms. The largest absolute Gasteiger partial charge is 0.481 e. The molecule has 2 aromatic carbocycles. The first-order valence-corrected chi connectivity index (χ1v) is 8.60. The zero-order chi connectivity index (χ0) is 19.1. The average Bonchev–Trinajstić information content (AvgIpc) is 2.61. The third-order valence-corrected chi connectivity index (χ3v) is 4.21. The van der Waals surface area contributed by atoms with Crippen molar-refractivity contribution in [2.45, 2.75) is 6.04 Å². The first-order valence-electron chi connectivity index (χ1n) is 8.60. The van der Waals surface area contributed by atoms with Crippen molar-refractivity contribution in [3.63, 3.8) is 0 Å². The van der Waals surface area contributed by atoms with E-state index in [9.17, 15) is 9.18 Å². The summed E-state index contributed by atoms with van der Waals surface area (Å²) in [4.78, 5) is 15.3. The molecule has 0 fully saturated rings. The fraction of sp³-hybridized carbons (Fsp3) is 0.350. The van der Waals surface area contributed by atoms with Crippen LogP contribution in [0.3, 0.4) is 0 Å². The van der Waals surface area contributed by atoms with E-state index in [2.05, 4.69) is 29.6 Å². The van der Waals surface area contributed by atoms with Crippen LogP contribution in [0, 0.1) is 5.82 Å². The summed E-state index contributed by atoms with van der Waals surface area (Å²) in [7, 11) is 8.10. The predicted molar refractivity (Wildman–Crippen MR) is 101 cm³/mol. The Bertz CT molecular complexity index is 717. The highest BCUT2D eigenvalue weighted by Crippen LogP contribution is 2.16. The van der Waals surface area contributed by atoms with Crippen molar-refractivity contribution in [1.29, 1.82) is 0 Å². The number of nitrogens with zero attached hydrogens (tertiary/aromatic N) is 1. The second-order valence-electron chi connectivity index (χ2n) is 6.64. The molecule has 0 aliphatic carbocycles. The summed E-state index contributed by atoms with van der Waals surface area (Å²) in [5.41, 5.74) is 2.27. The summed E-state index contributed by atoms with van der Waals surface area (Å²) >= 11 is 0. The van der Waals surface area contributed by atoms with Gasteiger partial charge in [0.05, 0.1) is 20.6 Å². The lowest BCUT2D eigenvalue weighted by Crippen LogP contribution is -3.07. The Kier molecular flexibility index (Phi) is 6.97. The molecular weight excluding hydrogens is 333 g/mol. The molecule has 1 atom stereocenters. The first kappa shape index (κ1) is 19.7. The number of hydrogen-bond acceptors (Lipinski definition) is 3. The lowest BCUT2D eigenvalue weighted by molar-refractivity contribution is -0.890. The standard InChI is InChI=1S/C20H26FN3O2/c1-23(2)16-11-9-15(10-12-16)18(24(3)4)13-22-20(25)14-26-19-8-6-5-7-17(19)21/h5-12,18H,13-14H2,1-4H3,(H,22,25)/p+1/t18-/m0/s1. The quantitative estimate of drug-likeness (QED) is 0.745. The number of hydrogen-bond donors (Lipinski definition) is 2. The molecule has 140 valence electrons. The summed E-state index contributed by atoms with van der Waals surface area (Å²) in [6, 6.07) is 14.4. The molecule has 26 heavy (non-hydrogen) atoms. The smallest absolute Gasteiger partial charge is 0.258 e. The van der Waals surface area contributed by atoms with Crippen LogP contribution in [0.4, 0.5) is 10.1 Å². The highest BCUT2D eigenvalue weighted by molar-refractivity contribution is 5.77. The van der Waals surface area contributed by atoms with Gasteiger partial charge in [-0.05, 0) is 24.3 Å². The number of ether oxygens (including phenoxy) is 1. The van der Waals surface area contributed by atoms with E-state index in [4.69, 9.17) is 4.74 Å². The van der Waals surface area contributed by atoms with Crippen molar-refractivity contribution in [3.8, 4) is 5.75 Å². The van der Waals surface area contributed by atoms with Crippen LogP contribution < -0.4 is 19.9 Å². The monoisotopic (exact) mass is 360 g/mol. The minimum Gasteiger partial charge on any atom is -0.481 e. The van der Waals surface area contributed by atoms with Crippen LogP contribution in [-0.2, 0) is 4.79 Å². The number of benzene rings is 2. The lowest BCUT2D eigenvalue weighted by Gasteiger charge is -2.23. The number of rotatable bonds is 8. The number of quaternary nitrogens is 1. The normalized spacial score (nSPS) is 11.9. The number of anilines is 1. The molecule has 2 aromatic rings. The fourth-order valence-corrected chi connectivity index (χ4v) is 2.63. The maximum Gasteiger partial charge on any atom is 0.258 e. The summed E-state index contributed by atoms with van der Waals surface area (Å²) in [6.45, 7) is 0.263. The van der Waals surface area contributed by atoms with Crippen molar-refractivity contribution in [1.82, 2.24) is 5.32 Å². The maximum atomic E-state index is 13.5. The van der Waals surface area contributed by atoms with Gasteiger partial charge in [-0.3, -0.25) is 4.79 Å². The zero-order valence-electron chi connectivity index (χ0n) is 15.8. The first-order chi connectivity index (χ1) is 12.4. The molecular formula is C20H27FN3O2+. The molecule has 0 aliphatic rings. The SMILES string of the molecule is CN(C)c1ccc([C@H](CNC(=O)COc2ccccc2F)[NH+](C)C)cc1. The van der Waals surface area contributed by atoms with Crippen LogP contribution in [0.15, 0.2) is 48.5 Å². The molecule has 0 spiro atoms. The summed E-state index contributed by atoms with van der Waals surface area (Å²) in [5.74, 6) is -0.669. The minimum atomic E-state index is -0.475. The van der Waals surface area contributed by atoms with Gasteiger partial charge in [0.25, 0.3) is 5.91 Å². The molecule has 5 nitrogen and oxygen atoms in total. The van der Waals surface area contributed by atoms with Gasteiger partial charge in [0, 0.05) is 25.3 Å². The highest BCUT2D eigenvalue weighted by Gasteiger charge is 2.19. The van der Waals surface area contributed by atoms with E-state index < -0.39 is 5.82 Å². The van der Waals surface area contributed by atoms with E-state index in [-0.39, 0.29) is 24.3 Å². The molecule has 0 saturated carbocycles. The Hall–Kier alpha value is -2.60. The lowest BCUT2D eigenvalue weighted by atomic mass is 10.1. The second kappa shape index (κ2) is 9.20. The maximum absolute atomic E-state index is 13.5. The van der Waals surface area contributed by atoms with Gasteiger partial charge in [0.1, 0.15) is 6.04 Å². The number of para-hydroxylation sites is 1. The Balaban J connectivity index is 1.91. The van der Waals surface area contributed by atoms with Crippen LogP contribution in [0.1, 0.15) is 11.6 Å². The second-order valence-corrected chi connectivity index (χ2v) is 6.64. The summed E-state index contributed by atoms with van der Waals surface area (Å²) < 4.78 is 18.7. The van der Waals surface area contributed by atoms with Gasteiger partial charge in [-0.25, -0.2) is 4.39 Å². The number of amides is 1. The molecule has 0 heterocycles. The molecule has 1 amide bonds. The van der Waals surface area contributed by atoms with Crippen LogP contribution in [0.2, 0.25) is 0 Å². The Labute approximate surface area is 154 Å². The molecule has 0 radical (unpaired) electrons. The predicted octanol–water partition coefficient (Wildman–Crippen LogP) is 1.27. The van der Waals surface area contributed by atoms with E-state index in [1.165, 1.54) is 17.0 Å². The molecule has 0 aromatic heterocycles. The van der Waals surface area contributed by atoms with Gasteiger partial charge < -0.3 is 19.9 Å². The minimum absolute atomic E-state index is 0.0803. The van der Waals surface area contributed by atoms with Gasteiger partial charge >= 0.3 is 0 Å². The Morgan fingerprint density at radius 1 is 1.15 bits per heavy atom. The van der Waals surface area contributed by atoms with Crippen molar-refractivity contribution in [2.24, 2.45) is 0 Å². The van der Waals surface area contributed by atoms with E-state index in [1.807, 2.05) is 33.1 Å². The van der Waals surface area contributed by atoms with E-state index >= 15 is 0 Å². The summed E-state index contributed by atoms with van der Waals surface area (Å²) in [6.07, 6.45) is 0. The number of halogens is 1. The van der Waals surface area contributed by atoms with Gasteiger partial charge in [-0.2, -0.15) is 0 Å².